The first-order valence-electron chi connectivity index (χ1n) is 7.49. The van der Waals surface area contributed by atoms with Gasteiger partial charge in [0.25, 0.3) is 0 Å². The van der Waals surface area contributed by atoms with Crippen molar-refractivity contribution in [1.82, 2.24) is 15.3 Å². The Morgan fingerprint density at radius 3 is 2.76 bits per heavy atom. The zero-order valence-electron chi connectivity index (χ0n) is 12.4. The number of hydrogen-bond acceptors (Lipinski definition) is 3. The lowest BCUT2D eigenvalue weighted by Gasteiger charge is -2.18. The molecule has 3 nitrogen and oxygen atoms in total. The Kier molecular flexibility index (Phi) is 6.83. The highest BCUT2D eigenvalue weighted by atomic mass is 79.9. The molecule has 0 aromatic carbocycles. The van der Waals surface area contributed by atoms with Crippen molar-refractivity contribution in [3.8, 4) is 0 Å². The van der Waals surface area contributed by atoms with Crippen molar-refractivity contribution in [3.63, 3.8) is 0 Å². The third-order valence-corrected chi connectivity index (χ3v) is 3.86. The van der Waals surface area contributed by atoms with Crippen LogP contribution >= 0.6 is 15.9 Å². The molecule has 0 amide bonds. The number of aromatic nitrogens is 2. The average Bonchev–Trinajstić information content (AvgIpc) is 2.51. The van der Waals surface area contributed by atoms with Gasteiger partial charge in [-0.05, 0) is 71.4 Å². The fourth-order valence-electron chi connectivity index (χ4n) is 2.36. The van der Waals surface area contributed by atoms with Crippen LogP contribution in [0.15, 0.2) is 47.5 Å². The van der Waals surface area contributed by atoms with E-state index in [2.05, 4.69) is 50.3 Å². The number of nitrogens with zero attached hydrogens (tertiary/aromatic N) is 2. The van der Waals surface area contributed by atoms with Crippen LogP contribution in [-0.4, -0.2) is 22.6 Å². The van der Waals surface area contributed by atoms with Gasteiger partial charge in [0, 0.05) is 35.3 Å². The van der Waals surface area contributed by atoms with E-state index in [4.69, 9.17) is 0 Å². The number of rotatable bonds is 8. The molecule has 0 aliphatic heterocycles. The summed E-state index contributed by atoms with van der Waals surface area (Å²) < 4.78 is 1.04. The third kappa shape index (κ3) is 5.94. The molecule has 0 fully saturated rings. The van der Waals surface area contributed by atoms with Crippen LogP contribution in [0.4, 0.5) is 0 Å². The van der Waals surface area contributed by atoms with Crippen LogP contribution in [0.3, 0.4) is 0 Å². The highest BCUT2D eigenvalue weighted by Crippen LogP contribution is 2.13. The first-order chi connectivity index (χ1) is 10.3. The van der Waals surface area contributed by atoms with Gasteiger partial charge in [-0.2, -0.15) is 0 Å². The van der Waals surface area contributed by atoms with Crippen LogP contribution in [0.25, 0.3) is 0 Å². The van der Waals surface area contributed by atoms with Crippen molar-refractivity contribution in [2.45, 2.75) is 38.6 Å². The van der Waals surface area contributed by atoms with Gasteiger partial charge < -0.3 is 5.32 Å². The summed E-state index contributed by atoms with van der Waals surface area (Å²) in [5.41, 5.74) is 2.57. The number of halogens is 1. The molecule has 2 aromatic heterocycles. The lowest BCUT2D eigenvalue weighted by molar-refractivity contribution is 0.477. The molecule has 1 atom stereocenters. The SMILES string of the molecule is CCCNC(CCc1cccnc1)Cc1cncc(Br)c1. The number of nitrogens with one attached hydrogen (secondary N) is 1. The number of pyridine rings is 2. The van der Waals surface area contributed by atoms with E-state index in [0.29, 0.717) is 6.04 Å². The molecule has 2 aromatic rings. The Morgan fingerprint density at radius 1 is 1.19 bits per heavy atom. The van der Waals surface area contributed by atoms with E-state index in [1.54, 1.807) is 0 Å². The fourth-order valence-corrected chi connectivity index (χ4v) is 2.78. The minimum absolute atomic E-state index is 0.473. The summed E-state index contributed by atoms with van der Waals surface area (Å²) in [6.07, 6.45) is 11.9. The van der Waals surface area contributed by atoms with Crippen molar-refractivity contribution in [2.24, 2.45) is 0 Å². The summed E-state index contributed by atoms with van der Waals surface area (Å²) in [6.45, 7) is 3.25. The molecule has 2 rings (SSSR count). The predicted octanol–water partition coefficient (Wildman–Crippen LogP) is 3.78. The molecule has 0 radical (unpaired) electrons. The first kappa shape index (κ1) is 16.1. The van der Waals surface area contributed by atoms with Gasteiger partial charge in [0.05, 0.1) is 0 Å². The molecule has 0 aliphatic carbocycles. The van der Waals surface area contributed by atoms with Crippen LogP contribution in [0, 0.1) is 0 Å². The summed E-state index contributed by atoms with van der Waals surface area (Å²) in [4.78, 5) is 8.43. The second kappa shape index (κ2) is 8.90. The van der Waals surface area contributed by atoms with E-state index < -0.39 is 0 Å². The molecule has 0 saturated heterocycles. The number of hydrogen-bond donors (Lipinski definition) is 1. The first-order valence-corrected chi connectivity index (χ1v) is 8.29. The molecule has 112 valence electrons. The van der Waals surface area contributed by atoms with E-state index in [0.717, 1.165) is 36.7 Å². The Bertz CT molecular complexity index is 531. The smallest absolute Gasteiger partial charge is 0.0410 e. The molecule has 0 aliphatic rings. The maximum Gasteiger partial charge on any atom is 0.0410 e. The van der Waals surface area contributed by atoms with E-state index in [9.17, 15) is 0 Å². The Morgan fingerprint density at radius 2 is 2.05 bits per heavy atom. The predicted molar refractivity (Wildman–Crippen MR) is 90.3 cm³/mol. The molecule has 2 heterocycles. The van der Waals surface area contributed by atoms with Gasteiger partial charge in [-0.25, -0.2) is 0 Å². The topological polar surface area (TPSA) is 37.8 Å². The summed E-state index contributed by atoms with van der Waals surface area (Å²) in [5.74, 6) is 0. The summed E-state index contributed by atoms with van der Waals surface area (Å²) in [6, 6.07) is 6.77. The Balaban J connectivity index is 1.94. The van der Waals surface area contributed by atoms with Crippen molar-refractivity contribution in [3.05, 3.63) is 58.6 Å². The zero-order chi connectivity index (χ0) is 14.9. The summed E-state index contributed by atoms with van der Waals surface area (Å²) in [5, 5.41) is 3.64. The molecule has 21 heavy (non-hydrogen) atoms. The van der Waals surface area contributed by atoms with Gasteiger partial charge in [-0.3, -0.25) is 9.97 Å². The molecule has 0 spiro atoms. The van der Waals surface area contributed by atoms with Crippen LogP contribution in [-0.2, 0) is 12.8 Å². The maximum atomic E-state index is 4.25. The quantitative estimate of drug-likeness (QED) is 0.789. The van der Waals surface area contributed by atoms with Gasteiger partial charge >= 0.3 is 0 Å². The van der Waals surface area contributed by atoms with Gasteiger partial charge in [0.2, 0.25) is 0 Å². The highest BCUT2D eigenvalue weighted by Gasteiger charge is 2.10. The van der Waals surface area contributed by atoms with E-state index in [1.165, 1.54) is 11.1 Å². The van der Waals surface area contributed by atoms with Crippen molar-refractivity contribution < 1.29 is 0 Å². The molecule has 0 bridgehead atoms. The second-order valence-electron chi connectivity index (χ2n) is 5.27. The third-order valence-electron chi connectivity index (χ3n) is 3.43. The van der Waals surface area contributed by atoms with Gasteiger partial charge in [0.1, 0.15) is 0 Å². The Hall–Kier alpha value is -1.26. The van der Waals surface area contributed by atoms with E-state index >= 15 is 0 Å². The molecule has 4 heteroatoms. The van der Waals surface area contributed by atoms with Crippen molar-refractivity contribution in [2.75, 3.05) is 6.54 Å². The van der Waals surface area contributed by atoms with E-state index in [-0.39, 0.29) is 0 Å². The van der Waals surface area contributed by atoms with Crippen LogP contribution in [0.1, 0.15) is 30.9 Å². The maximum absolute atomic E-state index is 4.25. The molecule has 1 N–H and O–H groups in total. The Labute approximate surface area is 135 Å². The highest BCUT2D eigenvalue weighted by molar-refractivity contribution is 9.10. The minimum atomic E-state index is 0.473. The monoisotopic (exact) mass is 347 g/mol. The van der Waals surface area contributed by atoms with Gasteiger partial charge in [0.15, 0.2) is 0 Å². The lowest BCUT2D eigenvalue weighted by Crippen LogP contribution is -2.32. The molecule has 0 saturated carbocycles. The van der Waals surface area contributed by atoms with Crippen LogP contribution in [0.2, 0.25) is 0 Å². The molecular weight excluding hydrogens is 326 g/mol. The van der Waals surface area contributed by atoms with Crippen LogP contribution < -0.4 is 5.32 Å². The average molecular weight is 348 g/mol. The molecule has 1 unspecified atom stereocenters. The van der Waals surface area contributed by atoms with Crippen molar-refractivity contribution >= 4 is 15.9 Å². The standard InChI is InChI=1S/C17H22BrN3/c1-2-7-21-17(6-5-14-4-3-8-19-11-14)10-15-9-16(18)13-20-12-15/h3-4,8-9,11-13,17,21H,2,5-7,10H2,1H3. The number of aryl methyl sites for hydroxylation is 1. The summed E-state index contributed by atoms with van der Waals surface area (Å²) >= 11 is 3.49. The minimum Gasteiger partial charge on any atom is -0.314 e. The van der Waals surface area contributed by atoms with Crippen molar-refractivity contribution in [1.29, 1.82) is 0 Å². The largest absolute Gasteiger partial charge is 0.314 e. The van der Waals surface area contributed by atoms with Gasteiger partial charge in [-0.1, -0.05) is 13.0 Å². The lowest BCUT2D eigenvalue weighted by atomic mass is 10.0. The van der Waals surface area contributed by atoms with E-state index in [1.807, 2.05) is 30.9 Å². The summed E-state index contributed by atoms with van der Waals surface area (Å²) in [7, 11) is 0. The second-order valence-corrected chi connectivity index (χ2v) is 6.18. The normalized spacial score (nSPS) is 12.3. The zero-order valence-corrected chi connectivity index (χ0v) is 14.0. The van der Waals surface area contributed by atoms with Crippen LogP contribution in [0.5, 0.6) is 0 Å². The molecular formula is C17H22BrN3. The van der Waals surface area contributed by atoms with Gasteiger partial charge in [-0.15, -0.1) is 0 Å². The fraction of sp³-hybridized carbons (Fsp3) is 0.412.